The monoisotopic (exact) mass is 543 g/mol. The van der Waals surface area contributed by atoms with Crippen LogP contribution < -0.4 is 14.9 Å². The third-order valence-electron chi connectivity index (χ3n) is 6.92. The number of aliphatic hydroxyl groups excluding tert-OH is 1. The summed E-state index contributed by atoms with van der Waals surface area (Å²) in [7, 11) is 2.93. The number of hydrogen-bond donors (Lipinski definition) is 2. The molecule has 1 amide bonds. The minimum Gasteiger partial charge on any atom is -0.495 e. The number of carbonyl (C=O) groups excluding carboxylic acids is 2. The molecule has 1 saturated heterocycles. The van der Waals surface area contributed by atoms with Crippen molar-refractivity contribution in [1.29, 1.82) is 5.26 Å². The summed E-state index contributed by atoms with van der Waals surface area (Å²) in [5, 5.41) is 22.8. The van der Waals surface area contributed by atoms with E-state index in [-0.39, 0.29) is 40.9 Å². The van der Waals surface area contributed by atoms with Gasteiger partial charge in [0.1, 0.15) is 18.0 Å². The number of aromatic nitrogens is 2. The predicted octanol–water partition coefficient (Wildman–Crippen LogP) is 3.14. The minimum atomic E-state index is -0.519. The highest BCUT2D eigenvalue weighted by Crippen LogP contribution is 2.44. The molecule has 0 saturated carbocycles. The summed E-state index contributed by atoms with van der Waals surface area (Å²) >= 11 is 6.45. The summed E-state index contributed by atoms with van der Waals surface area (Å²) in [4.78, 5) is 36.2. The Bertz CT molecular complexity index is 1520. The van der Waals surface area contributed by atoms with Gasteiger partial charge in [-0.25, -0.2) is 9.97 Å². The number of nitrogens with one attached hydrogen (secondary N) is 1. The Kier molecular flexibility index (Phi) is 6.93. The van der Waals surface area contributed by atoms with Crippen LogP contribution in [0.15, 0.2) is 36.5 Å². The van der Waals surface area contributed by atoms with Crippen molar-refractivity contribution in [3.63, 3.8) is 0 Å². The van der Waals surface area contributed by atoms with Crippen molar-refractivity contribution < 1.29 is 19.4 Å². The Hall–Kier alpha value is -4.14. The van der Waals surface area contributed by atoms with Crippen LogP contribution in [0.5, 0.6) is 5.75 Å². The lowest BCUT2D eigenvalue weighted by Crippen LogP contribution is -2.53. The Labute approximate surface area is 231 Å². The van der Waals surface area contributed by atoms with Crippen molar-refractivity contribution in [2.24, 2.45) is 0 Å². The average Bonchev–Trinajstić information content (AvgIpc) is 3.16. The molecule has 2 aliphatic heterocycles. The van der Waals surface area contributed by atoms with Gasteiger partial charge in [-0.3, -0.25) is 4.79 Å². The molecule has 0 unspecified atom stereocenters. The molecule has 2 aromatic carbocycles. The number of rotatable bonds is 7. The minimum absolute atomic E-state index is 0.219. The van der Waals surface area contributed by atoms with Crippen LogP contribution in [0.3, 0.4) is 0 Å². The molecule has 1 aromatic heterocycles. The molecule has 1 fully saturated rings. The van der Waals surface area contributed by atoms with Gasteiger partial charge in [0, 0.05) is 42.5 Å². The third kappa shape index (κ3) is 4.89. The van der Waals surface area contributed by atoms with E-state index >= 15 is 0 Å². The van der Waals surface area contributed by atoms with Gasteiger partial charge in [-0.1, -0.05) is 25.4 Å². The lowest BCUT2D eigenvalue weighted by atomic mass is 9.84. The van der Waals surface area contributed by atoms with Gasteiger partial charge in [0.15, 0.2) is 0 Å². The lowest BCUT2D eigenvalue weighted by Gasteiger charge is -2.36. The van der Waals surface area contributed by atoms with Crippen LogP contribution >= 0.6 is 11.6 Å². The summed E-state index contributed by atoms with van der Waals surface area (Å²) < 4.78 is 5.50. The lowest BCUT2D eigenvalue weighted by molar-refractivity contribution is 0.00589. The second-order valence-electron chi connectivity index (χ2n) is 10.1. The molecular weight excluding hydrogens is 519 g/mol. The van der Waals surface area contributed by atoms with Gasteiger partial charge < -0.3 is 29.7 Å². The maximum Gasteiger partial charge on any atom is 0.329 e. The van der Waals surface area contributed by atoms with Crippen molar-refractivity contribution in [1.82, 2.24) is 14.9 Å². The Morgan fingerprint density at radius 3 is 2.77 bits per heavy atom. The number of ether oxygens (including phenoxy) is 1. The molecule has 2 N–H and O–H groups in total. The van der Waals surface area contributed by atoms with Crippen molar-refractivity contribution in [3.05, 3.63) is 58.2 Å². The zero-order valence-electron chi connectivity index (χ0n) is 21.6. The van der Waals surface area contributed by atoms with E-state index in [0.29, 0.717) is 29.2 Å². The molecule has 5 rings (SSSR count). The molecule has 0 bridgehead atoms. The SMILES string of the molecule is COc1cc(C(=O)N2CC(O)C2)c(Cl)cc1Nc1nccc(-c2cc(C#N)c3c(c2)C(C)(C)CN3[B]C=O)n1. The van der Waals surface area contributed by atoms with Gasteiger partial charge in [0.25, 0.3) is 5.91 Å². The fraction of sp³-hybridized carbons (Fsp3) is 0.296. The Morgan fingerprint density at radius 1 is 1.33 bits per heavy atom. The number of likely N-dealkylation sites (tertiary alicyclic amines) is 1. The van der Waals surface area contributed by atoms with Gasteiger partial charge in [0.2, 0.25) is 5.95 Å². The second-order valence-corrected chi connectivity index (χ2v) is 10.5. The summed E-state index contributed by atoms with van der Waals surface area (Å²) in [6.07, 6.45) is 1.80. The number of benzene rings is 2. The first-order valence-corrected chi connectivity index (χ1v) is 12.6. The molecule has 0 atom stereocenters. The first-order chi connectivity index (χ1) is 18.6. The number of hydrogen-bond acceptors (Lipinski definition) is 9. The van der Waals surface area contributed by atoms with Crippen molar-refractivity contribution in [3.8, 4) is 23.1 Å². The summed E-state index contributed by atoms with van der Waals surface area (Å²) in [5.41, 5.74) is 3.90. The van der Waals surface area contributed by atoms with E-state index in [4.69, 9.17) is 16.3 Å². The normalized spacial score (nSPS) is 15.7. The number of nitriles is 1. The highest BCUT2D eigenvalue weighted by molar-refractivity contribution is 6.70. The van der Waals surface area contributed by atoms with E-state index in [2.05, 4.69) is 35.2 Å². The second kappa shape index (κ2) is 10.2. The number of halogens is 1. The third-order valence-corrected chi connectivity index (χ3v) is 7.23. The fourth-order valence-corrected chi connectivity index (χ4v) is 5.20. The number of anilines is 3. The van der Waals surface area contributed by atoms with Crippen LogP contribution in [0.1, 0.15) is 35.3 Å². The molecule has 0 aliphatic carbocycles. The van der Waals surface area contributed by atoms with Crippen LogP contribution in [-0.4, -0.2) is 72.3 Å². The fourth-order valence-electron chi connectivity index (χ4n) is 4.96. The van der Waals surface area contributed by atoms with E-state index in [9.17, 15) is 20.0 Å². The van der Waals surface area contributed by atoms with Gasteiger partial charge >= 0.3 is 7.41 Å². The topological polar surface area (TPSA) is 132 Å². The van der Waals surface area contributed by atoms with Gasteiger partial charge in [-0.2, -0.15) is 5.26 Å². The van der Waals surface area contributed by atoms with E-state index in [1.165, 1.54) is 19.4 Å². The molecule has 1 radical (unpaired) electrons. The molecule has 12 heteroatoms. The van der Waals surface area contributed by atoms with E-state index in [0.717, 1.165) is 23.0 Å². The summed E-state index contributed by atoms with van der Waals surface area (Å²) in [5.74, 6) is 0.349. The number of amides is 1. The summed E-state index contributed by atoms with van der Waals surface area (Å²) in [6.45, 7) is 5.23. The van der Waals surface area contributed by atoms with E-state index in [1.54, 1.807) is 30.5 Å². The highest BCUT2D eigenvalue weighted by atomic mass is 35.5. The quantitative estimate of drug-likeness (QED) is 0.341. The van der Waals surface area contributed by atoms with Crippen molar-refractivity contribution in [2.45, 2.75) is 25.4 Å². The van der Waals surface area contributed by atoms with Crippen LogP contribution in [0, 0.1) is 11.3 Å². The van der Waals surface area contributed by atoms with Gasteiger partial charge in [-0.15, -0.1) is 0 Å². The van der Waals surface area contributed by atoms with Crippen molar-refractivity contribution in [2.75, 3.05) is 36.9 Å². The predicted molar refractivity (Wildman–Crippen MR) is 148 cm³/mol. The molecule has 3 heterocycles. The number of methoxy groups -OCH3 is 1. The van der Waals surface area contributed by atoms with Gasteiger partial charge in [0.05, 0.1) is 40.7 Å². The maximum atomic E-state index is 12.8. The number of aliphatic hydroxyl groups is 1. The van der Waals surface area contributed by atoms with E-state index < -0.39 is 6.10 Å². The number of carbonyl (C=O) groups is 2. The average molecular weight is 544 g/mol. The first kappa shape index (κ1) is 26.5. The van der Waals surface area contributed by atoms with Gasteiger partial charge in [-0.05, 0) is 35.9 Å². The zero-order valence-corrected chi connectivity index (χ0v) is 22.4. The van der Waals surface area contributed by atoms with Crippen LogP contribution in [-0.2, 0) is 10.2 Å². The van der Waals surface area contributed by atoms with Crippen LogP contribution in [0.4, 0.5) is 17.3 Å². The van der Waals surface area contributed by atoms with E-state index in [1.807, 2.05) is 10.9 Å². The molecule has 197 valence electrons. The van der Waals surface area contributed by atoms with Crippen LogP contribution in [0.25, 0.3) is 11.3 Å². The zero-order chi connectivity index (χ0) is 27.9. The molecule has 10 nitrogen and oxygen atoms in total. The molecular formula is C27H25BClN6O4. The molecule has 0 spiro atoms. The Balaban J connectivity index is 1.47. The number of nitrogens with zero attached hydrogens (tertiary/aromatic N) is 5. The number of β-amino-alcohol motifs (C(OH)–C–C–N with tert-alkyl or cyclic N) is 1. The maximum absolute atomic E-state index is 12.8. The largest absolute Gasteiger partial charge is 0.495 e. The first-order valence-electron chi connectivity index (χ1n) is 12.2. The molecule has 3 aromatic rings. The molecule has 39 heavy (non-hydrogen) atoms. The van der Waals surface area contributed by atoms with Crippen LogP contribution in [0.2, 0.25) is 5.02 Å². The highest BCUT2D eigenvalue weighted by Gasteiger charge is 2.37. The Morgan fingerprint density at radius 2 is 2.10 bits per heavy atom. The smallest absolute Gasteiger partial charge is 0.329 e. The van der Waals surface area contributed by atoms with Crippen molar-refractivity contribution >= 4 is 48.4 Å². The molecule has 2 aliphatic rings. The summed E-state index contributed by atoms with van der Waals surface area (Å²) in [6, 6.07) is 10.9. The number of fused-ring (bicyclic) bond motifs is 1. The standard InChI is InChI=1S/C27H25BClN6O4/c1-27(2)13-35(28-14-36)24-16(10-30)6-15(7-19(24)27)21-4-5-31-26(32-21)33-22-9-20(29)18(8-23(22)39-3)25(38)34-11-17(37)12-34/h4-9,14,17,37H,11-13H2,1-3H3,(H,31,32,33).